The van der Waals surface area contributed by atoms with Gasteiger partial charge in [-0.3, -0.25) is 4.98 Å². The summed E-state index contributed by atoms with van der Waals surface area (Å²) in [6, 6.07) is 8.23. The van der Waals surface area contributed by atoms with Gasteiger partial charge in [0.05, 0.1) is 0 Å². The molecular weight excluding hydrogens is 303 g/mol. The van der Waals surface area contributed by atoms with Gasteiger partial charge in [0.1, 0.15) is 5.82 Å². The van der Waals surface area contributed by atoms with Crippen LogP contribution >= 0.6 is 11.6 Å². The Morgan fingerprint density at radius 1 is 1.32 bits per heavy atom. The van der Waals surface area contributed by atoms with Gasteiger partial charge in [-0.1, -0.05) is 37.6 Å². The van der Waals surface area contributed by atoms with Crippen LogP contribution in [0.1, 0.15) is 31.0 Å². The van der Waals surface area contributed by atoms with Crippen LogP contribution in [0.3, 0.4) is 0 Å². The first kappa shape index (κ1) is 16.9. The smallest absolute Gasteiger partial charge is 0.129 e. The summed E-state index contributed by atoms with van der Waals surface area (Å²) in [5.74, 6) is -0.341. The predicted molar refractivity (Wildman–Crippen MR) is 86.1 cm³/mol. The van der Waals surface area contributed by atoms with Crippen LogP contribution in [0, 0.1) is 11.2 Å². The van der Waals surface area contributed by atoms with E-state index >= 15 is 0 Å². The minimum atomic E-state index is -0.430. The summed E-state index contributed by atoms with van der Waals surface area (Å²) in [4.78, 5) is 4.12. The van der Waals surface area contributed by atoms with Crippen molar-refractivity contribution in [2.45, 2.75) is 26.4 Å². The summed E-state index contributed by atoms with van der Waals surface area (Å²) in [6.07, 6.45) is 3.44. The van der Waals surface area contributed by atoms with Crippen molar-refractivity contribution in [3.05, 3.63) is 64.7 Å². The Hall–Kier alpha value is -1.49. The monoisotopic (exact) mass is 322 g/mol. The topological polar surface area (TPSA) is 45.1 Å². The summed E-state index contributed by atoms with van der Waals surface area (Å²) in [7, 11) is 0. The number of aromatic nitrogens is 1. The number of hydrogen-bond donors (Lipinski definition) is 2. The zero-order valence-electron chi connectivity index (χ0n) is 12.7. The van der Waals surface area contributed by atoms with E-state index in [2.05, 4.69) is 10.3 Å². The van der Waals surface area contributed by atoms with Gasteiger partial charge < -0.3 is 10.4 Å². The molecule has 3 nitrogen and oxygen atoms in total. The molecular formula is C17H20ClFN2O. The summed E-state index contributed by atoms with van der Waals surface area (Å²) < 4.78 is 13.9. The predicted octanol–water partition coefficient (Wildman–Crippen LogP) is 3.72. The Kier molecular flexibility index (Phi) is 5.51. The summed E-state index contributed by atoms with van der Waals surface area (Å²) in [5, 5.41) is 13.4. The van der Waals surface area contributed by atoms with Gasteiger partial charge in [-0.15, -0.1) is 0 Å². The molecule has 1 heterocycles. The number of nitrogens with one attached hydrogen (secondary N) is 1. The van der Waals surface area contributed by atoms with E-state index in [4.69, 9.17) is 11.6 Å². The van der Waals surface area contributed by atoms with Gasteiger partial charge in [0, 0.05) is 47.6 Å². The Morgan fingerprint density at radius 3 is 2.68 bits per heavy atom. The van der Waals surface area contributed by atoms with E-state index in [0.717, 1.165) is 5.56 Å². The first-order valence-electron chi connectivity index (χ1n) is 7.13. The number of benzene rings is 1. The number of aliphatic hydroxyl groups excluding tert-OH is 1. The third kappa shape index (κ3) is 3.83. The third-order valence-corrected chi connectivity index (χ3v) is 4.11. The molecule has 0 unspecified atom stereocenters. The molecule has 0 spiro atoms. The van der Waals surface area contributed by atoms with E-state index < -0.39 is 5.41 Å². The second kappa shape index (κ2) is 7.18. The van der Waals surface area contributed by atoms with Gasteiger partial charge in [-0.05, 0) is 23.8 Å². The maximum absolute atomic E-state index is 13.9. The van der Waals surface area contributed by atoms with Crippen LogP contribution in [-0.2, 0) is 6.54 Å². The van der Waals surface area contributed by atoms with Gasteiger partial charge >= 0.3 is 0 Å². The lowest BCUT2D eigenvalue weighted by Crippen LogP contribution is -2.36. The van der Waals surface area contributed by atoms with Crippen molar-refractivity contribution in [2.75, 3.05) is 6.61 Å². The number of hydrogen-bond acceptors (Lipinski definition) is 3. The first-order chi connectivity index (χ1) is 10.5. The molecule has 0 bridgehead atoms. The molecule has 0 aliphatic carbocycles. The van der Waals surface area contributed by atoms with Crippen molar-refractivity contribution in [3.8, 4) is 0 Å². The van der Waals surface area contributed by atoms with Crippen molar-refractivity contribution in [1.29, 1.82) is 0 Å². The van der Waals surface area contributed by atoms with E-state index in [1.807, 2.05) is 26.0 Å². The Bertz CT molecular complexity index is 599. The zero-order chi connectivity index (χ0) is 16.2. The zero-order valence-corrected chi connectivity index (χ0v) is 13.4. The molecule has 0 saturated carbocycles. The number of aliphatic hydroxyl groups is 1. The van der Waals surface area contributed by atoms with Crippen LogP contribution in [0.15, 0.2) is 42.7 Å². The lowest BCUT2D eigenvalue weighted by Gasteiger charge is -2.34. The third-order valence-electron chi connectivity index (χ3n) is 3.75. The number of rotatable bonds is 6. The quantitative estimate of drug-likeness (QED) is 0.852. The highest BCUT2D eigenvalue weighted by Gasteiger charge is 2.30. The molecule has 0 saturated heterocycles. The van der Waals surface area contributed by atoms with Crippen LogP contribution in [0.2, 0.25) is 5.02 Å². The Morgan fingerprint density at radius 2 is 2.09 bits per heavy atom. The minimum Gasteiger partial charge on any atom is -0.396 e. The van der Waals surface area contributed by atoms with Gasteiger partial charge in [0.15, 0.2) is 0 Å². The molecule has 2 aromatic rings. The van der Waals surface area contributed by atoms with Crippen molar-refractivity contribution in [1.82, 2.24) is 10.3 Å². The molecule has 0 amide bonds. The van der Waals surface area contributed by atoms with Gasteiger partial charge in [0.2, 0.25) is 0 Å². The van der Waals surface area contributed by atoms with Gasteiger partial charge in [-0.2, -0.15) is 0 Å². The standard InChI is InChI=1S/C17H20ClFN2O/c1-17(2,11-22)16(12-5-4-8-20-9-12)21-10-13-14(18)6-3-7-15(13)19/h3-9,16,21-22H,10-11H2,1-2H3/t16-/m0/s1. The molecule has 1 aromatic carbocycles. The van der Waals surface area contributed by atoms with E-state index in [1.54, 1.807) is 24.5 Å². The van der Waals surface area contributed by atoms with E-state index in [9.17, 15) is 9.50 Å². The normalized spacial score (nSPS) is 13.1. The first-order valence-corrected chi connectivity index (χ1v) is 7.50. The highest BCUT2D eigenvalue weighted by Crippen LogP contribution is 2.33. The molecule has 0 aliphatic rings. The fourth-order valence-electron chi connectivity index (χ4n) is 2.39. The van der Waals surface area contributed by atoms with Gasteiger partial charge in [-0.25, -0.2) is 4.39 Å². The lowest BCUT2D eigenvalue weighted by atomic mass is 9.81. The molecule has 0 aliphatic heterocycles. The summed E-state index contributed by atoms with van der Waals surface area (Å²) in [5.41, 5.74) is 0.932. The Labute approximate surface area is 135 Å². The fraction of sp³-hybridized carbons (Fsp3) is 0.353. The number of nitrogens with zero attached hydrogens (tertiary/aromatic N) is 1. The number of pyridine rings is 1. The van der Waals surface area contributed by atoms with Crippen LogP contribution in [-0.4, -0.2) is 16.7 Å². The molecule has 1 atom stereocenters. The second-order valence-electron chi connectivity index (χ2n) is 5.95. The second-order valence-corrected chi connectivity index (χ2v) is 6.35. The highest BCUT2D eigenvalue weighted by molar-refractivity contribution is 6.31. The van der Waals surface area contributed by atoms with Crippen molar-refractivity contribution < 1.29 is 9.50 Å². The van der Waals surface area contributed by atoms with Gasteiger partial charge in [0.25, 0.3) is 0 Å². The van der Waals surface area contributed by atoms with Crippen LogP contribution in [0.4, 0.5) is 4.39 Å². The Balaban J connectivity index is 2.25. The molecule has 1 aromatic heterocycles. The van der Waals surface area contributed by atoms with Crippen molar-refractivity contribution in [2.24, 2.45) is 5.41 Å². The summed E-state index contributed by atoms with van der Waals surface area (Å²) in [6.45, 7) is 4.15. The summed E-state index contributed by atoms with van der Waals surface area (Å²) >= 11 is 6.07. The molecule has 0 radical (unpaired) electrons. The molecule has 2 rings (SSSR count). The molecule has 2 N–H and O–H groups in total. The maximum atomic E-state index is 13.9. The largest absolute Gasteiger partial charge is 0.396 e. The maximum Gasteiger partial charge on any atom is 0.129 e. The molecule has 22 heavy (non-hydrogen) atoms. The fourth-order valence-corrected chi connectivity index (χ4v) is 2.62. The van der Waals surface area contributed by atoms with E-state index in [0.29, 0.717) is 10.6 Å². The lowest BCUT2D eigenvalue weighted by molar-refractivity contribution is 0.114. The van der Waals surface area contributed by atoms with Crippen LogP contribution in [0.5, 0.6) is 0 Å². The highest BCUT2D eigenvalue weighted by atomic mass is 35.5. The van der Waals surface area contributed by atoms with Crippen LogP contribution in [0.25, 0.3) is 0 Å². The molecule has 5 heteroatoms. The van der Waals surface area contributed by atoms with Crippen LogP contribution < -0.4 is 5.32 Å². The molecule has 0 fully saturated rings. The van der Waals surface area contributed by atoms with Crippen molar-refractivity contribution >= 4 is 11.6 Å². The minimum absolute atomic E-state index is 0.00936. The average molecular weight is 323 g/mol. The number of halogens is 2. The average Bonchev–Trinajstić information content (AvgIpc) is 2.51. The van der Waals surface area contributed by atoms with E-state index in [1.165, 1.54) is 6.07 Å². The SMILES string of the molecule is CC(C)(CO)[C@@H](NCc1c(F)cccc1Cl)c1cccnc1. The van der Waals surface area contributed by atoms with Crippen molar-refractivity contribution in [3.63, 3.8) is 0 Å². The molecule has 118 valence electrons. The van der Waals surface area contributed by atoms with E-state index in [-0.39, 0.29) is 25.0 Å².